The van der Waals surface area contributed by atoms with Gasteiger partial charge in [-0.2, -0.15) is 0 Å². The minimum atomic E-state index is -1.83. The van der Waals surface area contributed by atoms with E-state index in [1.54, 1.807) is 6.92 Å². The van der Waals surface area contributed by atoms with E-state index in [4.69, 9.17) is 26.5 Å². The van der Waals surface area contributed by atoms with Crippen LogP contribution >= 0.6 is 0 Å². The van der Waals surface area contributed by atoms with Crippen LogP contribution in [-0.4, -0.2) is 47.4 Å². The maximum absolute atomic E-state index is 11.0. The molecule has 2 rings (SSSR count). The lowest BCUT2D eigenvalue weighted by Gasteiger charge is -2.18. The van der Waals surface area contributed by atoms with Crippen LogP contribution in [0.3, 0.4) is 0 Å². The minimum Gasteiger partial charge on any atom is -0.450 e. The molecule has 23 heavy (non-hydrogen) atoms. The lowest BCUT2D eigenvalue weighted by Crippen LogP contribution is -2.35. The second-order valence-electron chi connectivity index (χ2n) is 4.97. The van der Waals surface area contributed by atoms with Crippen molar-refractivity contribution >= 4 is 29.4 Å². The molecule has 1 aromatic carbocycles. The first-order chi connectivity index (χ1) is 10.8. The Balaban J connectivity index is 0.000000593. The van der Waals surface area contributed by atoms with E-state index >= 15 is 0 Å². The summed E-state index contributed by atoms with van der Waals surface area (Å²) < 4.78 is 0. The van der Waals surface area contributed by atoms with E-state index in [2.05, 4.69) is 15.2 Å². The van der Waals surface area contributed by atoms with Gasteiger partial charge in [0.25, 0.3) is 0 Å². The molecule has 1 aliphatic rings. The average molecular weight is 323 g/mol. The molecule has 0 aliphatic carbocycles. The lowest BCUT2D eigenvalue weighted by molar-refractivity contribution is -0.119. The van der Waals surface area contributed by atoms with Gasteiger partial charge >= 0.3 is 6.16 Å². The van der Waals surface area contributed by atoms with Crippen molar-refractivity contribution in [1.82, 2.24) is 5.32 Å². The fraction of sp³-hybridized carbons (Fsp3) is 0.357. The van der Waals surface area contributed by atoms with Crippen molar-refractivity contribution in [3.8, 4) is 0 Å². The maximum atomic E-state index is 11.0. The number of nitrogens with one attached hydrogen (secondary N) is 1. The number of nitrogens with zero attached hydrogens (tertiary/aromatic N) is 2. The van der Waals surface area contributed by atoms with Crippen LogP contribution in [-0.2, 0) is 4.79 Å². The first kappa shape index (κ1) is 18.1. The summed E-state index contributed by atoms with van der Waals surface area (Å²) in [5, 5.41) is 16.9. The summed E-state index contributed by atoms with van der Waals surface area (Å²) in [6.07, 6.45) is -0.866. The number of carboxylic acid groups (broad SMARTS) is 2. The molecule has 126 valence electrons. The number of anilines is 1. The van der Waals surface area contributed by atoms with Crippen molar-refractivity contribution in [3.05, 3.63) is 24.3 Å². The van der Waals surface area contributed by atoms with Gasteiger partial charge in [0.1, 0.15) is 0 Å². The molecule has 1 aliphatic heterocycles. The zero-order chi connectivity index (χ0) is 17.4. The van der Waals surface area contributed by atoms with Crippen LogP contribution in [0.4, 0.5) is 16.2 Å². The Hall–Kier alpha value is -2.97. The third-order valence-corrected chi connectivity index (χ3v) is 3.07. The summed E-state index contributed by atoms with van der Waals surface area (Å²) in [4.78, 5) is 25.8. The highest BCUT2D eigenvalue weighted by atomic mass is 16.6. The van der Waals surface area contributed by atoms with Gasteiger partial charge in [-0.05, 0) is 30.7 Å². The van der Waals surface area contributed by atoms with Gasteiger partial charge in [0.2, 0.25) is 5.91 Å². The number of carbonyl (C=O) groups is 2. The number of rotatable bonds is 3. The van der Waals surface area contributed by atoms with Gasteiger partial charge in [-0.25, -0.2) is 9.79 Å². The van der Waals surface area contributed by atoms with Crippen LogP contribution in [0.15, 0.2) is 29.3 Å². The molecule has 1 fully saturated rings. The Labute approximate surface area is 133 Å². The number of guanidine groups is 1. The number of amides is 1. The SMILES string of the molecule is CC(=O)N[C@H]1CCN(c2ccc(N=C(N)N)cc2)C1.O=C(O)O. The Morgan fingerprint density at radius 3 is 2.30 bits per heavy atom. The normalized spacial score (nSPS) is 16.0. The van der Waals surface area contributed by atoms with E-state index in [0.717, 1.165) is 30.9 Å². The van der Waals surface area contributed by atoms with Gasteiger partial charge in [0, 0.05) is 31.7 Å². The van der Waals surface area contributed by atoms with Crippen molar-refractivity contribution in [2.24, 2.45) is 16.5 Å². The minimum absolute atomic E-state index is 0.0231. The third kappa shape index (κ3) is 7.02. The number of hydrogen-bond donors (Lipinski definition) is 5. The molecule has 1 amide bonds. The van der Waals surface area contributed by atoms with Gasteiger partial charge in [-0.1, -0.05) is 0 Å². The molecule has 7 N–H and O–H groups in total. The molecule has 1 saturated heterocycles. The van der Waals surface area contributed by atoms with Crippen LogP contribution in [0.25, 0.3) is 0 Å². The second-order valence-corrected chi connectivity index (χ2v) is 4.97. The standard InChI is InChI=1S/C13H19N5O.CH2O3/c1-9(19)16-11-6-7-18(8-11)12-4-2-10(3-5-12)17-13(14)15;2-1(3)4/h2-5,11H,6-8H2,1H3,(H,16,19)(H4,14,15,17);(H2,2,3,4)/t11-;/m0./s1. The summed E-state index contributed by atoms with van der Waals surface area (Å²) in [6.45, 7) is 3.32. The quantitative estimate of drug-likeness (QED) is 0.401. The predicted octanol–water partition coefficient (Wildman–Crippen LogP) is 0.529. The Morgan fingerprint density at radius 2 is 1.83 bits per heavy atom. The Kier molecular flexibility index (Phi) is 6.66. The molecule has 0 saturated carbocycles. The predicted molar refractivity (Wildman–Crippen MR) is 87.0 cm³/mol. The molecular formula is C14H21N5O4. The molecule has 0 bridgehead atoms. The van der Waals surface area contributed by atoms with Crippen LogP contribution < -0.4 is 21.7 Å². The molecular weight excluding hydrogens is 302 g/mol. The number of hydrogen-bond acceptors (Lipinski definition) is 4. The van der Waals surface area contributed by atoms with Crippen molar-refractivity contribution in [3.63, 3.8) is 0 Å². The number of benzene rings is 1. The van der Waals surface area contributed by atoms with Crippen LogP contribution in [0, 0.1) is 0 Å². The fourth-order valence-corrected chi connectivity index (χ4v) is 2.29. The van der Waals surface area contributed by atoms with Crippen molar-refractivity contribution < 1.29 is 19.8 Å². The van der Waals surface area contributed by atoms with E-state index in [-0.39, 0.29) is 17.9 Å². The van der Waals surface area contributed by atoms with Gasteiger partial charge in [0.05, 0.1) is 5.69 Å². The zero-order valence-electron chi connectivity index (χ0n) is 12.8. The molecule has 0 spiro atoms. The molecule has 1 heterocycles. The molecule has 9 nitrogen and oxygen atoms in total. The Bertz CT molecular complexity index is 565. The number of nitrogens with two attached hydrogens (primary N) is 2. The van der Waals surface area contributed by atoms with E-state index in [1.165, 1.54) is 0 Å². The van der Waals surface area contributed by atoms with Crippen molar-refractivity contribution in [2.45, 2.75) is 19.4 Å². The van der Waals surface area contributed by atoms with Crippen LogP contribution in [0.2, 0.25) is 0 Å². The smallest absolute Gasteiger partial charge is 0.450 e. The largest absolute Gasteiger partial charge is 0.503 e. The third-order valence-electron chi connectivity index (χ3n) is 3.07. The summed E-state index contributed by atoms with van der Waals surface area (Å²) in [6, 6.07) is 7.95. The topological polar surface area (TPSA) is 154 Å². The molecule has 1 aromatic rings. The van der Waals surface area contributed by atoms with E-state index in [9.17, 15) is 4.79 Å². The van der Waals surface area contributed by atoms with Gasteiger partial charge < -0.3 is 31.9 Å². The lowest BCUT2D eigenvalue weighted by atomic mass is 10.2. The van der Waals surface area contributed by atoms with Crippen LogP contribution in [0.5, 0.6) is 0 Å². The molecule has 0 aromatic heterocycles. The van der Waals surface area contributed by atoms with Gasteiger partial charge in [-0.3, -0.25) is 4.79 Å². The highest BCUT2D eigenvalue weighted by Gasteiger charge is 2.22. The van der Waals surface area contributed by atoms with Gasteiger partial charge in [0.15, 0.2) is 5.96 Å². The number of aliphatic imine (C=N–C) groups is 1. The number of carbonyl (C=O) groups excluding carboxylic acids is 1. The maximum Gasteiger partial charge on any atom is 0.503 e. The highest BCUT2D eigenvalue weighted by Crippen LogP contribution is 2.23. The van der Waals surface area contributed by atoms with Crippen molar-refractivity contribution in [2.75, 3.05) is 18.0 Å². The first-order valence-electron chi connectivity index (χ1n) is 6.91. The second kappa shape index (κ2) is 8.47. The molecule has 0 unspecified atom stereocenters. The van der Waals surface area contributed by atoms with E-state index in [0.29, 0.717) is 0 Å². The average Bonchev–Trinajstić information content (AvgIpc) is 2.86. The monoisotopic (exact) mass is 323 g/mol. The summed E-state index contributed by atoms with van der Waals surface area (Å²) in [5.41, 5.74) is 12.5. The first-order valence-corrected chi connectivity index (χ1v) is 6.91. The summed E-state index contributed by atoms with van der Waals surface area (Å²) >= 11 is 0. The van der Waals surface area contributed by atoms with E-state index in [1.807, 2.05) is 24.3 Å². The Morgan fingerprint density at radius 1 is 1.26 bits per heavy atom. The molecule has 0 radical (unpaired) electrons. The zero-order valence-corrected chi connectivity index (χ0v) is 12.8. The molecule has 1 atom stereocenters. The summed E-state index contributed by atoms with van der Waals surface area (Å²) in [7, 11) is 0. The summed E-state index contributed by atoms with van der Waals surface area (Å²) in [5.74, 6) is 0.0783. The van der Waals surface area contributed by atoms with Crippen LogP contribution in [0.1, 0.15) is 13.3 Å². The highest BCUT2D eigenvalue weighted by molar-refractivity contribution is 5.79. The van der Waals surface area contributed by atoms with E-state index < -0.39 is 6.16 Å². The molecule has 9 heteroatoms. The fourth-order valence-electron chi connectivity index (χ4n) is 2.29. The van der Waals surface area contributed by atoms with Crippen molar-refractivity contribution in [1.29, 1.82) is 0 Å². The van der Waals surface area contributed by atoms with Gasteiger partial charge in [-0.15, -0.1) is 0 Å².